The topological polar surface area (TPSA) is 95.6 Å². The highest BCUT2D eigenvalue weighted by Gasteiger charge is 2.18. The lowest BCUT2D eigenvalue weighted by Crippen LogP contribution is -2.32. The molecule has 0 aromatic heterocycles. The molecule has 0 aliphatic carbocycles. The summed E-state index contributed by atoms with van der Waals surface area (Å²) in [5, 5.41) is 5.59. The molecular weight excluding hydrogens is 378 g/mol. The first-order valence-corrected chi connectivity index (χ1v) is 10.2. The average Bonchev–Trinajstić information content (AvgIpc) is 2.66. The fraction of sp³-hybridized carbons (Fsp3) is 0.300. The van der Waals surface area contributed by atoms with Crippen LogP contribution >= 0.6 is 0 Å². The molecule has 0 spiro atoms. The third kappa shape index (κ3) is 5.90. The monoisotopic (exact) mass is 403 g/mol. The summed E-state index contributed by atoms with van der Waals surface area (Å²) in [4.78, 5) is 24.0. The van der Waals surface area contributed by atoms with Crippen molar-refractivity contribution in [2.75, 3.05) is 14.1 Å². The first kappa shape index (κ1) is 21.6. The third-order valence-corrected chi connectivity index (χ3v) is 5.99. The Morgan fingerprint density at radius 2 is 1.61 bits per heavy atom. The fourth-order valence-electron chi connectivity index (χ4n) is 2.63. The van der Waals surface area contributed by atoms with Gasteiger partial charge >= 0.3 is 0 Å². The maximum absolute atomic E-state index is 12.3. The second kappa shape index (κ2) is 9.48. The van der Waals surface area contributed by atoms with E-state index in [1.54, 1.807) is 12.1 Å². The van der Waals surface area contributed by atoms with E-state index < -0.39 is 16.1 Å². The van der Waals surface area contributed by atoms with Crippen LogP contribution in [0.15, 0.2) is 59.5 Å². The van der Waals surface area contributed by atoms with Gasteiger partial charge in [0.1, 0.15) is 0 Å². The summed E-state index contributed by atoms with van der Waals surface area (Å²) < 4.78 is 25.3. The van der Waals surface area contributed by atoms with Gasteiger partial charge < -0.3 is 10.6 Å². The van der Waals surface area contributed by atoms with Gasteiger partial charge in [-0.3, -0.25) is 9.59 Å². The molecule has 0 saturated heterocycles. The summed E-state index contributed by atoms with van der Waals surface area (Å²) in [5.74, 6) is -0.424. The van der Waals surface area contributed by atoms with Gasteiger partial charge in [0, 0.05) is 27.6 Å². The van der Waals surface area contributed by atoms with Crippen molar-refractivity contribution in [3.8, 4) is 0 Å². The van der Waals surface area contributed by atoms with Gasteiger partial charge in [0.2, 0.25) is 21.8 Å². The molecule has 8 heteroatoms. The number of benzene rings is 2. The van der Waals surface area contributed by atoms with E-state index in [0.717, 1.165) is 15.4 Å². The smallest absolute Gasteiger partial charge is 0.242 e. The van der Waals surface area contributed by atoms with Crippen molar-refractivity contribution in [2.45, 2.75) is 30.8 Å². The van der Waals surface area contributed by atoms with Crippen molar-refractivity contribution in [3.05, 3.63) is 65.7 Å². The Bertz CT molecular complexity index is 910. The minimum absolute atomic E-state index is 0.108. The lowest BCUT2D eigenvalue weighted by Gasteiger charge is -2.18. The molecule has 0 aliphatic heterocycles. The molecule has 150 valence electrons. The maximum Gasteiger partial charge on any atom is 0.242 e. The molecule has 0 heterocycles. The van der Waals surface area contributed by atoms with Crippen LogP contribution in [0.1, 0.15) is 30.5 Å². The quantitative estimate of drug-likeness (QED) is 0.703. The number of rotatable bonds is 8. The molecule has 7 nitrogen and oxygen atoms in total. The fourth-order valence-corrected chi connectivity index (χ4v) is 3.53. The van der Waals surface area contributed by atoms with Crippen molar-refractivity contribution >= 4 is 21.8 Å². The van der Waals surface area contributed by atoms with Gasteiger partial charge in [-0.25, -0.2) is 12.7 Å². The van der Waals surface area contributed by atoms with E-state index in [-0.39, 0.29) is 29.7 Å². The number of hydrogen-bond donors (Lipinski definition) is 2. The molecule has 1 atom stereocenters. The van der Waals surface area contributed by atoms with Crippen LogP contribution in [0.5, 0.6) is 0 Å². The van der Waals surface area contributed by atoms with Gasteiger partial charge in [0.05, 0.1) is 17.4 Å². The predicted octanol–water partition coefficient (Wildman–Crippen LogP) is 1.82. The Hall–Kier alpha value is -2.71. The normalized spacial score (nSPS) is 12.4. The molecule has 2 amide bonds. The molecule has 1 unspecified atom stereocenters. The highest BCUT2D eigenvalue weighted by molar-refractivity contribution is 7.89. The standard InChI is InChI=1S/C20H25N3O4S/c1-15(24)22-19(17-7-5-4-6-8-17)13-20(25)21-14-16-9-11-18(12-10-16)28(26,27)23(2)3/h4-12,19H,13-14H2,1-3H3,(H,21,25)(H,22,24). The summed E-state index contributed by atoms with van der Waals surface area (Å²) in [7, 11) is -0.529. The second-order valence-electron chi connectivity index (χ2n) is 6.58. The summed E-state index contributed by atoms with van der Waals surface area (Å²) in [6.07, 6.45) is 0.108. The van der Waals surface area contributed by atoms with Crippen LogP contribution in [-0.4, -0.2) is 38.6 Å². The molecule has 2 aromatic carbocycles. The van der Waals surface area contributed by atoms with Crippen molar-refractivity contribution in [3.63, 3.8) is 0 Å². The lowest BCUT2D eigenvalue weighted by molar-refractivity contribution is -0.122. The highest BCUT2D eigenvalue weighted by atomic mass is 32.2. The van der Waals surface area contributed by atoms with Crippen LogP contribution in [0.2, 0.25) is 0 Å². The van der Waals surface area contributed by atoms with Crippen molar-refractivity contribution < 1.29 is 18.0 Å². The van der Waals surface area contributed by atoms with Crippen LogP contribution in [0.25, 0.3) is 0 Å². The zero-order valence-corrected chi connectivity index (χ0v) is 17.0. The largest absolute Gasteiger partial charge is 0.352 e. The van der Waals surface area contributed by atoms with Gasteiger partial charge in [-0.05, 0) is 23.3 Å². The molecular formula is C20H25N3O4S. The Labute approximate surface area is 165 Å². The summed E-state index contributed by atoms with van der Waals surface area (Å²) >= 11 is 0. The van der Waals surface area contributed by atoms with Gasteiger partial charge in [-0.15, -0.1) is 0 Å². The van der Waals surface area contributed by atoms with Gasteiger partial charge in [-0.1, -0.05) is 42.5 Å². The van der Waals surface area contributed by atoms with E-state index >= 15 is 0 Å². The lowest BCUT2D eigenvalue weighted by atomic mass is 10.0. The zero-order chi connectivity index (χ0) is 20.7. The van der Waals surface area contributed by atoms with E-state index in [2.05, 4.69) is 10.6 Å². The minimum atomic E-state index is -3.48. The SMILES string of the molecule is CC(=O)NC(CC(=O)NCc1ccc(S(=O)(=O)N(C)C)cc1)c1ccccc1. The van der Waals surface area contributed by atoms with E-state index in [9.17, 15) is 18.0 Å². The Balaban J connectivity index is 1.98. The van der Waals surface area contributed by atoms with E-state index in [0.29, 0.717) is 0 Å². The van der Waals surface area contributed by atoms with E-state index in [1.165, 1.54) is 33.2 Å². The molecule has 0 saturated carbocycles. The van der Waals surface area contributed by atoms with Crippen LogP contribution in [-0.2, 0) is 26.2 Å². The number of carbonyl (C=O) groups excluding carboxylic acids is 2. The van der Waals surface area contributed by atoms with E-state index in [4.69, 9.17) is 0 Å². The molecule has 2 rings (SSSR count). The number of sulfonamides is 1. The van der Waals surface area contributed by atoms with Crippen molar-refractivity contribution in [1.82, 2.24) is 14.9 Å². The van der Waals surface area contributed by atoms with Crippen LogP contribution in [0.3, 0.4) is 0 Å². The van der Waals surface area contributed by atoms with Crippen LogP contribution in [0, 0.1) is 0 Å². The summed E-state index contributed by atoms with van der Waals surface area (Å²) in [6, 6.07) is 15.2. The highest BCUT2D eigenvalue weighted by Crippen LogP contribution is 2.17. The predicted molar refractivity (Wildman–Crippen MR) is 107 cm³/mol. The molecule has 2 aromatic rings. The Morgan fingerprint density at radius 3 is 2.14 bits per heavy atom. The maximum atomic E-state index is 12.3. The van der Waals surface area contributed by atoms with Gasteiger partial charge in [0.15, 0.2) is 0 Å². The summed E-state index contributed by atoms with van der Waals surface area (Å²) in [6.45, 7) is 1.68. The van der Waals surface area contributed by atoms with Crippen molar-refractivity contribution in [1.29, 1.82) is 0 Å². The second-order valence-corrected chi connectivity index (χ2v) is 8.73. The molecule has 0 aliphatic rings. The van der Waals surface area contributed by atoms with Crippen molar-refractivity contribution in [2.24, 2.45) is 0 Å². The number of hydrogen-bond acceptors (Lipinski definition) is 4. The minimum Gasteiger partial charge on any atom is -0.352 e. The third-order valence-electron chi connectivity index (χ3n) is 4.16. The number of nitrogens with one attached hydrogen (secondary N) is 2. The number of amides is 2. The zero-order valence-electron chi connectivity index (χ0n) is 16.2. The molecule has 28 heavy (non-hydrogen) atoms. The number of carbonyl (C=O) groups is 2. The Kier molecular flexibility index (Phi) is 7.31. The molecule has 0 radical (unpaired) electrons. The first-order valence-electron chi connectivity index (χ1n) is 8.80. The molecule has 2 N–H and O–H groups in total. The van der Waals surface area contributed by atoms with Crippen LogP contribution in [0.4, 0.5) is 0 Å². The Morgan fingerprint density at radius 1 is 1.00 bits per heavy atom. The van der Waals surface area contributed by atoms with Gasteiger partial charge in [0.25, 0.3) is 0 Å². The van der Waals surface area contributed by atoms with Crippen LogP contribution < -0.4 is 10.6 Å². The van der Waals surface area contributed by atoms with E-state index in [1.807, 2.05) is 30.3 Å². The summed E-state index contributed by atoms with van der Waals surface area (Å²) in [5.41, 5.74) is 1.63. The molecule has 0 fully saturated rings. The first-order chi connectivity index (χ1) is 13.2. The average molecular weight is 404 g/mol. The molecule has 0 bridgehead atoms. The van der Waals surface area contributed by atoms with Gasteiger partial charge in [-0.2, -0.15) is 0 Å². The number of nitrogens with zero attached hydrogens (tertiary/aromatic N) is 1.